The number of nitrogens with two attached hydrogens (primary N) is 1. The molecule has 0 spiro atoms. The maximum Gasteiger partial charge on any atom is 0.0395 e. The quantitative estimate of drug-likeness (QED) is 0.842. The van der Waals surface area contributed by atoms with E-state index in [9.17, 15) is 0 Å². The van der Waals surface area contributed by atoms with Crippen LogP contribution in [0.4, 0.5) is 5.69 Å². The molecule has 3 unspecified atom stereocenters. The van der Waals surface area contributed by atoms with Gasteiger partial charge in [-0.2, -0.15) is 0 Å². The smallest absolute Gasteiger partial charge is 0.0395 e. The molecule has 118 valence electrons. The first-order chi connectivity index (χ1) is 10.2. The van der Waals surface area contributed by atoms with Crippen LogP contribution in [0.1, 0.15) is 51.5 Å². The van der Waals surface area contributed by atoms with Crippen LogP contribution in [0.2, 0.25) is 0 Å². The van der Waals surface area contributed by atoms with Gasteiger partial charge < -0.3 is 10.6 Å². The minimum absolute atomic E-state index is 0.385. The van der Waals surface area contributed by atoms with Crippen molar-refractivity contribution in [3.05, 3.63) is 29.8 Å². The minimum atomic E-state index is 0.385. The van der Waals surface area contributed by atoms with Gasteiger partial charge >= 0.3 is 0 Å². The van der Waals surface area contributed by atoms with Crippen LogP contribution < -0.4 is 10.6 Å². The summed E-state index contributed by atoms with van der Waals surface area (Å²) in [4.78, 5) is 2.52. The molecule has 1 aliphatic carbocycles. The van der Waals surface area contributed by atoms with Crippen LogP contribution in [0.5, 0.6) is 0 Å². The summed E-state index contributed by atoms with van der Waals surface area (Å²) in [6, 6.07) is 9.10. The lowest BCUT2D eigenvalue weighted by Gasteiger charge is -2.38. The first-order valence-electron chi connectivity index (χ1n) is 8.71. The molecule has 2 rings (SSSR count). The van der Waals surface area contributed by atoms with Gasteiger partial charge in [-0.15, -0.1) is 0 Å². The largest absolute Gasteiger partial charge is 0.371 e. The molecule has 0 bridgehead atoms. The molecule has 3 atom stereocenters. The summed E-state index contributed by atoms with van der Waals surface area (Å²) < 4.78 is 0. The first-order valence-corrected chi connectivity index (χ1v) is 8.71. The van der Waals surface area contributed by atoms with Crippen LogP contribution in [0.15, 0.2) is 24.3 Å². The molecular weight excluding hydrogens is 256 g/mol. The molecule has 0 amide bonds. The lowest BCUT2D eigenvalue weighted by atomic mass is 9.76. The second-order valence-corrected chi connectivity index (χ2v) is 6.72. The Kier molecular flexibility index (Phi) is 6.10. The molecule has 2 heteroatoms. The van der Waals surface area contributed by atoms with Crippen molar-refractivity contribution in [2.75, 3.05) is 18.0 Å². The Balaban J connectivity index is 2.04. The van der Waals surface area contributed by atoms with Gasteiger partial charge in [-0.1, -0.05) is 38.0 Å². The van der Waals surface area contributed by atoms with Crippen molar-refractivity contribution in [2.45, 2.75) is 58.9 Å². The fourth-order valence-electron chi connectivity index (χ4n) is 3.86. The fraction of sp³-hybridized carbons (Fsp3) is 0.684. The Morgan fingerprint density at radius 3 is 2.62 bits per heavy atom. The van der Waals surface area contributed by atoms with E-state index in [1.54, 1.807) is 0 Å². The molecule has 21 heavy (non-hydrogen) atoms. The van der Waals surface area contributed by atoms with E-state index >= 15 is 0 Å². The minimum Gasteiger partial charge on any atom is -0.371 e. The Labute approximate surface area is 130 Å². The van der Waals surface area contributed by atoms with Crippen LogP contribution in [0.25, 0.3) is 0 Å². The summed E-state index contributed by atoms with van der Waals surface area (Å²) in [6.07, 6.45) is 6.54. The van der Waals surface area contributed by atoms with Crippen LogP contribution in [0.3, 0.4) is 0 Å². The molecular formula is C19H32N2. The zero-order valence-electron chi connectivity index (χ0n) is 14.0. The standard InChI is InChI=1S/C19H32N2/c1-4-8-16-11-12-18(20)17(13-16)14-21(5-2)19-10-7-6-9-15(19)3/h6-7,9-10,16-18H,4-5,8,11-14,20H2,1-3H3. The van der Waals surface area contributed by atoms with Crippen molar-refractivity contribution >= 4 is 5.69 Å². The van der Waals surface area contributed by atoms with Gasteiger partial charge in [-0.3, -0.25) is 0 Å². The predicted molar refractivity (Wildman–Crippen MR) is 92.8 cm³/mol. The average Bonchev–Trinajstić information content (AvgIpc) is 2.49. The number of aryl methyl sites for hydroxylation is 1. The summed E-state index contributed by atoms with van der Waals surface area (Å²) in [5.74, 6) is 1.55. The van der Waals surface area contributed by atoms with E-state index in [4.69, 9.17) is 5.73 Å². The van der Waals surface area contributed by atoms with Crippen LogP contribution in [-0.4, -0.2) is 19.1 Å². The van der Waals surface area contributed by atoms with Crippen LogP contribution in [0, 0.1) is 18.8 Å². The van der Waals surface area contributed by atoms with Gasteiger partial charge in [0, 0.05) is 24.8 Å². The third-order valence-electron chi connectivity index (χ3n) is 5.14. The lowest BCUT2D eigenvalue weighted by Crippen LogP contribution is -2.43. The van der Waals surface area contributed by atoms with Gasteiger partial charge in [0.25, 0.3) is 0 Å². The number of hydrogen-bond acceptors (Lipinski definition) is 2. The highest BCUT2D eigenvalue weighted by atomic mass is 15.1. The topological polar surface area (TPSA) is 29.3 Å². The molecule has 0 saturated heterocycles. The van der Waals surface area contributed by atoms with E-state index in [0.29, 0.717) is 12.0 Å². The van der Waals surface area contributed by atoms with Crippen molar-refractivity contribution in [1.82, 2.24) is 0 Å². The average molecular weight is 288 g/mol. The van der Waals surface area contributed by atoms with Crippen molar-refractivity contribution in [3.8, 4) is 0 Å². The van der Waals surface area contributed by atoms with Crippen LogP contribution in [-0.2, 0) is 0 Å². The predicted octanol–water partition coefficient (Wildman–Crippen LogP) is 4.37. The summed E-state index contributed by atoms with van der Waals surface area (Å²) >= 11 is 0. The first kappa shape index (κ1) is 16.4. The van der Waals surface area contributed by atoms with E-state index in [1.807, 2.05) is 0 Å². The Hall–Kier alpha value is -1.02. The lowest BCUT2D eigenvalue weighted by molar-refractivity contribution is 0.225. The maximum atomic E-state index is 6.43. The molecule has 1 aliphatic rings. The number of hydrogen-bond donors (Lipinski definition) is 1. The molecule has 0 heterocycles. The number of rotatable bonds is 6. The van der Waals surface area contributed by atoms with Crippen molar-refractivity contribution < 1.29 is 0 Å². The summed E-state index contributed by atoms with van der Waals surface area (Å²) in [7, 11) is 0. The van der Waals surface area contributed by atoms with Crippen LogP contribution >= 0.6 is 0 Å². The molecule has 1 saturated carbocycles. The normalized spacial score (nSPS) is 25.8. The molecule has 1 aromatic rings. The Morgan fingerprint density at radius 2 is 1.95 bits per heavy atom. The molecule has 1 aromatic carbocycles. The number of benzene rings is 1. The van der Waals surface area contributed by atoms with Crippen molar-refractivity contribution in [3.63, 3.8) is 0 Å². The van der Waals surface area contributed by atoms with E-state index in [-0.39, 0.29) is 0 Å². The SMILES string of the molecule is CCCC1CCC(N)C(CN(CC)c2ccccc2C)C1. The van der Waals surface area contributed by atoms with Gasteiger partial charge in [0.1, 0.15) is 0 Å². The highest BCUT2D eigenvalue weighted by Crippen LogP contribution is 2.33. The third kappa shape index (κ3) is 4.23. The number of anilines is 1. The number of para-hydroxylation sites is 1. The zero-order valence-corrected chi connectivity index (χ0v) is 14.0. The second-order valence-electron chi connectivity index (χ2n) is 6.72. The molecule has 0 aliphatic heterocycles. The molecule has 1 fully saturated rings. The Morgan fingerprint density at radius 1 is 1.19 bits per heavy atom. The van der Waals surface area contributed by atoms with E-state index in [2.05, 4.69) is 49.9 Å². The van der Waals surface area contributed by atoms with E-state index in [0.717, 1.165) is 19.0 Å². The highest BCUT2D eigenvalue weighted by Gasteiger charge is 2.29. The maximum absolute atomic E-state index is 6.43. The molecule has 0 aromatic heterocycles. The van der Waals surface area contributed by atoms with Gasteiger partial charge in [0.15, 0.2) is 0 Å². The monoisotopic (exact) mass is 288 g/mol. The van der Waals surface area contributed by atoms with Gasteiger partial charge in [-0.05, 0) is 56.6 Å². The summed E-state index contributed by atoms with van der Waals surface area (Å²) in [5, 5.41) is 0. The summed E-state index contributed by atoms with van der Waals surface area (Å²) in [5.41, 5.74) is 9.18. The molecule has 2 nitrogen and oxygen atoms in total. The zero-order chi connectivity index (χ0) is 15.2. The van der Waals surface area contributed by atoms with Crippen molar-refractivity contribution in [2.24, 2.45) is 17.6 Å². The molecule has 0 radical (unpaired) electrons. The van der Waals surface area contributed by atoms with E-state index < -0.39 is 0 Å². The number of nitrogens with zero attached hydrogens (tertiary/aromatic N) is 1. The van der Waals surface area contributed by atoms with Gasteiger partial charge in [0.05, 0.1) is 0 Å². The Bertz CT molecular complexity index is 429. The summed E-state index contributed by atoms with van der Waals surface area (Å²) in [6.45, 7) is 8.94. The van der Waals surface area contributed by atoms with Gasteiger partial charge in [-0.25, -0.2) is 0 Å². The van der Waals surface area contributed by atoms with Gasteiger partial charge in [0.2, 0.25) is 0 Å². The van der Waals surface area contributed by atoms with E-state index in [1.165, 1.54) is 43.4 Å². The molecule has 2 N–H and O–H groups in total. The van der Waals surface area contributed by atoms with Crippen molar-refractivity contribution in [1.29, 1.82) is 0 Å². The highest BCUT2D eigenvalue weighted by molar-refractivity contribution is 5.52. The fourth-order valence-corrected chi connectivity index (χ4v) is 3.86. The second kappa shape index (κ2) is 7.84. The third-order valence-corrected chi connectivity index (χ3v) is 5.14.